The molecule has 3 nitrogen and oxygen atoms in total. The van der Waals surface area contributed by atoms with Crippen LogP contribution < -0.4 is 10.6 Å². The number of anilines is 2. The van der Waals surface area contributed by atoms with Crippen LogP contribution in [0.25, 0.3) is 0 Å². The quantitative estimate of drug-likeness (QED) is 0.892. The van der Waals surface area contributed by atoms with Crippen LogP contribution in [0.5, 0.6) is 0 Å². The normalized spacial score (nSPS) is 10.2. The van der Waals surface area contributed by atoms with Crippen LogP contribution in [-0.2, 0) is 11.3 Å². The summed E-state index contributed by atoms with van der Waals surface area (Å²) in [6.45, 7) is 1.92. The summed E-state index contributed by atoms with van der Waals surface area (Å²) in [7, 11) is 0. The average Bonchev–Trinajstić information content (AvgIpc) is 2.39. The molecule has 1 amide bonds. The van der Waals surface area contributed by atoms with Gasteiger partial charge in [0.2, 0.25) is 5.91 Å². The lowest BCUT2D eigenvalue weighted by Gasteiger charge is -2.10. The summed E-state index contributed by atoms with van der Waals surface area (Å²) >= 11 is 6.07. The SMILES string of the molecule is CC(=O)Nc1ccc(NCc2cccc(F)c2)cc1Cl. The molecule has 20 heavy (non-hydrogen) atoms. The second kappa shape index (κ2) is 6.39. The van der Waals surface area contributed by atoms with Crippen molar-refractivity contribution in [2.45, 2.75) is 13.5 Å². The molecule has 2 aromatic carbocycles. The first-order valence-corrected chi connectivity index (χ1v) is 6.48. The van der Waals surface area contributed by atoms with E-state index in [0.29, 0.717) is 17.3 Å². The highest BCUT2D eigenvalue weighted by Gasteiger charge is 2.03. The summed E-state index contributed by atoms with van der Waals surface area (Å²) in [5.74, 6) is -0.435. The summed E-state index contributed by atoms with van der Waals surface area (Å²) < 4.78 is 13.0. The van der Waals surface area contributed by atoms with Crippen molar-refractivity contribution >= 4 is 28.9 Å². The molecule has 0 radical (unpaired) electrons. The third-order valence-corrected chi connectivity index (χ3v) is 2.98. The van der Waals surface area contributed by atoms with Gasteiger partial charge in [0, 0.05) is 19.2 Å². The molecule has 0 aliphatic rings. The summed E-state index contributed by atoms with van der Waals surface area (Å²) in [4.78, 5) is 11.0. The van der Waals surface area contributed by atoms with Crippen LogP contribution in [0.3, 0.4) is 0 Å². The van der Waals surface area contributed by atoms with Gasteiger partial charge in [-0.05, 0) is 35.9 Å². The molecule has 0 aromatic heterocycles. The molecule has 0 heterocycles. The summed E-state index contributed by atoms with van der Waals surface area (Å²) in [5.41, 5.74) is 2.20. The lowest BCUT2D eigenvalue weighted by atomic mass is 10.2. The Balaban J connectivity index is 2.03. The number of benzene rings is 2. The number of amides is 1. The maximum absolute atomic E-state index is 13.0. The fraction of sp³-hybridized carbons (Fsp3) is 0.133. The fourth-order valence-corrected chi connectivity index (χ4v) is 1.99. The molecular weight excluding hydrogens is 279 g/mol. The predicted molar refractivity (Wildman–Crippen MR) is 79.5 cm³/mol. The Hall–Kier alpha value is -2.07. The van der Waals surface area contributed by atoms with Crippen LogP contribution in [0.4, 0.5) is 15.8 Å². The predicted octanol–water partition coefficient (Wildman–Crippen LogP) is 4.05. The van der Waals surface area contributed by atoms with Gasteiger partial charge in [-0.25, -0.2) is 4.39 Å². The number of nitrogens with one attached hydrogen (secondary N) is 2. The van der Waals surface area contributed by atoms with E-state index in [1.54, 1.807) is 24.3 Å². The van der Waals surface area contributed by atoms with Gasteiger partial charge in [-0.3, -0.25) is 4.79 Å². The van der Waals surface area contributed by atoms with Gasteiger partial charge in [0.05, 0.1) is 10.7 Å². The second-order valence-electron chi connectivity index (χ2n) is 4.36. The van der Waals surface area contributed by atoms with E-state index >= 15 is 0 Å². The zero-order valence-electron chi connectivity index (χ0n) is 10.9. The second-order valence-corrected chi connectivity index (χ2v) is 4.77. The monoisotopic (exact) mass is 292 g/mol. The Morgan fingerprint density at radius 3 is 2.70 bits per heavy atom. The maximum atomic E-state index is 13.0. The smallest absolute Gasteiger partial charge is 0.221 e. The first kappa shape index (κ1) is 14.3. The third-order valence-electron chi connectivity index (χ3n) is 2.67. The molecular formula is C15H14ClFN2O. The minimum absolute atomic E-state index is 0.174. The van der Waals surface area contributed by atoms with Crippen LogP contribution in [0.1, 0.15) is 12.5 Å². The Kier molecular flexibility index (Phi) is 4.58. The van der Waals surface area contributed by atoms with Gasteiger partial charge in [0.25, 0.3) is 0 Å². The Labute approximate surface area is 121 Å². The molecule has 0 atom stereocenters. The van der Waals surface area contributed by atoms with E-state index in [0.717, 1.165) is 11.3 Å². The van der Waals surface area contributed by atoms with Gasteiger partial charge < -0.3 is 10.6 Å². The lowest BCUT2D eigenvalue weighted by Crippen LogP contribution is -2.06. The van der Waals surface area contributed by atoms with Crippen molar-refractivity contribution in [3.63, 3.8) is 0 Å². The highest BCUT2D eigenvalue weighted by atomic mass is 35.5. The van der Waals surface area contributed by atoms with Crippen molar-refractivity contribution in [1.29, 1.82) is 0 Å². The number of rotatable bonds is 4. The van der Waals surface area contributed by atoms with Crippen molar-refractivity contribution in [2.24, 2.45) is 0 Å². The van der Waals surface area contributed by atoms with E-state index in [1.807, 2.05) is 6.07 Å². The Bertz CT molecular complexity index is 631. The van der Waals surface area contributed by atoms with E-state index in [4.69, 9.17) is 11.6 Å². The molecule has 104 valence electrons. The molecule has 0 aliphatic carbocycles. The molecule has 0 saturated carbocycles. The van der Waals surface area contributed by atoms with E-state index in [1.165, 1.54) is 19.1 Å². The molecule has 0 fully saturated rings. The minimum atomic E-state index is -0.261. The molecule has 0 aliphatic heterocycles. The molecule has 2 rings (SSSR count). The first-order valence-electron chi connectivity index (χ1n) is 6.10. The summed E-state index contributed by atoms with van der Waals surface area (Å²) in [6, 6.07) is 11.6. The largest absolute Gasteiger partial charge is 0.381 e. The van der Waals surface area contributed by atoms with Gasteiger partial charge in [0.15, 0.2) is 0 Å². The number of carbonyl (C=O) groups is 1. The van der Waals surface area contributed by atoms with Crippen LogP contribution in [0.15, 0.2) is 42.5 Å². The van der Waals surface area contributed by atoms with E-state index in [-0.39, 0.29) is 11.7 Å². The molecule has 0 bridgehead atoms. The van der Waals surface area contributed by atoms with Crippen molar-refractivity contribution in [3.05, 3.63) is 58.9 Å². The van der Waals surface area contributed by atoms with Gasteiger partial charge in [-0.2, -0.15) is 0 Å². The van der Waals surface area contributed by atoms with Crippen molar-refractivity contribution in [1.82, 2.24) is 0 Å². The van der Waals surface area contributed by atoms with E-state index in [2.05, 4.69) is 10.6 Å². The number of halogens is 2. The van der Waals surface area contributed by atoms with Crippen molar-refractivity contribution in [2.75, 3.05) is 10.6 Å². The third kappa shape index (κ3) is 3.96. The molecule has 0 spiro atoms. The molecule has 2 aromatic rings. The molecule has 2 N–H and O–H groups in total. The topological polar surface area (TPSA) is 41.1 Å². The van der Waals surface area contributed by atoms with Gasteiger partial charge in [-0.1, -0.05) is 23.7 Å². The highest BCUT2D eigenvalue weighted by Crippen LogP contribution is 2.25. The standard InChI is InChI=1S/C15H14ClFN2O/c1-10(20)19-15-6-5-13(8-14(15)16)18-9-11-3-2-4-12(17)7-11/h2-8,18H,9H2,1H3,(H,19,20). The number of hydrogen-bond acceptors (Lipinski definition) is 2. The molecule has 0 unspecified atom stereocenters. The molecule has 5 heteroatoms. The molecule has 0 saturated heterocycles. The Morgan fingerprint density at radius 1 is 1.25 bits per heavy atom. The summed E-state index contributed by atoms with van der Waals surface area (Å²) in [6.07, 6.45) is 0. The first-order chi connectivity index (χ1) is 9.54. The van der Waals surface area contributed by atoms with Gasteiger partial charge in [-0.15, -0.1) is 0 Å². The van der Waals surface area contributed by atoms with E-state index < -0.39 is 0 Å². The number of carbonyl (C=O) groups excluding carboxylic acids is 1. The lowest BCUT2D eigenvalue weighted by molar-refractivity contribution is -0.114. The van der Waals surface area contributed by atoms with Crippen molar-refractivity contribution < 1.29 is 9.18 Å². The maximum Gasteiger partial charge on any atom is 0.221 e. The summed E-state index contributed by atoms with van der Waals surface area (Å²) in [5, 5.41) is 6.23. The van der Waals surface area contributed by atoms with Gasteiger partial charge >= 0.3 is 0 Å². The Morgan fingerprint density at radius 2 is 2.05 bits per heavy atom. The fourth-order valence-electron chi connectivity index (χ4n) is 1.77. The minimum Gasteiger partial charge on any atom is -0.381 e. The zero-order valence-corrected chi connectivity index (χ0v) is 11.7. The number of hydrogen-bond donors (Lipinski definition) is 2. The van der Waals surface area contributed by atoms with E-state index in [9.17, 15) is 9.18 Å². The average molecular weight is 293 g/mol. The van der Waals surface area contributed by atoms with Crippen LogP contribution in [0, 0.1) is 5.82 Å². The van der Waals surface area contributed by atoms with Gasteiger partial charge in [0.1, 0.15) is 5.82 Å². The van der Waals surface area contributed by atoms with Crippen LogP contribution in [0.2, 0.25) is 5.02 Å². The zero-order chi connectivity index (χ0) is 14.5. The van der Waals surface area contributed by atoms with Crippen LogP contribution in [-0.4, -0.2) is 5.91 Å². The van der Waals surface area contributed by atoms with Crippen LogP contribution >= 0.6 is 11.6 Å². The highest BCUT2D eigenvalue weighted by molar-refractivity contribution is 6.34. The van der Waals surface area contributed by atoms with Crippen molar-refractivity contribution in [3.8, 4) is 0 Å².